The third-order valence-electron chi connectivity index (χ3n) is 7.35. The summed E-state index contributed by atoms with van der Waals surface area (Å²) < 4.78 is 5.65. The van der Waals surface area contributed by atoms with E-state index in [1.807, 2.05) is 44.2 Å². The van der Waals surface area contributed by atoms with Gasteiger partial charge in [-0.25, -0.2) is 0 Å². The topological polar surface area (TPSA) is 140 Å². The van der Waals surface area contributed by atoms with E-state index in [9.17, 15) is 14.7 Å². The van der Waals surface area contributed by atoms with Gasteiger partial charge in [-0.1, -0.05) is 31.1 Å². The molecule has 3 heterocycles. The van der Waals surface area contributed by atoms with Crippen molar-refractivity contribution in [1.29, 1.82) is 5.26 Å². The van der Waals surface area contributed by atoms with Gasteiger partial charge in [0.05, 0.1) is 17.7 Å². The molecule has 36 heavy (non-hydrogen) atoms. The zero-order valence-corrected chi connectivity index (χ0v) is 21.0. The highest BCUT2D eigenvalue weighted by molar-refractivity contribution is 5.90. The number of piperazine rings is 1. The van der Waals surface area contributed by atoms with E-state index in [2.05, 4.69) is 27.9 Å². The number of hydrogen-bond donors (Lipinski definition) is 2. The summed E-state index contributed by atoms with van der Waals surface area (Å²) in [5.41, 5.74) is 7.31. The number of carbonyl (C=O) groups is 2. The van der Waals surface area contributed by atoms with Crippen LogP contribution in [0.25, 0.3) is 0 Å². The Kier molecular flexibility index (Phi) is 7.62. The smallest absolute Gasteiger partial charge is 0.240 e. The van der Waals surface area contributed by atoms with Gasteiger partial charge in [-0.05, 0) is 30.5 Å². The minimum atomic E-state index is -0.817. The lowest BCUT2D eigenvalue weighted by Gasteiger charge is -2.38. The number of rotatable bonds is 7. The van der Waals surface area contributed by atoms with Crippen LogP contribution in [0, 0.1) is 17.2 Å². The molecule has 2 saturated heterocycles. The van der Waals surface area contributed by atoms with Crippen molar-refractivity contribution in [2.45, 2.75) is 51.3 Å². The molecular formula is C26H34N6O4. The number of aliphatic hydroxyl groups is 1. The fourth-order valence-electron chi connectivity index (χ4n) is 5.20. The van der Waals surface area contributed by atoms with E-state index < -0.39 is 24.0 Å². The molecule has 2 fully saturated rings. The highest BCUT2D eigenvalue weighted by atomic mass is 16.5. The van der Waals surface area contributed by atoms with Gasteiger partial charge in [0.25, 0.3) is 0 Å². The van der Waals surface area contributed by atoms with Crippen LogP contribution in [0.2, 0.25) is 0 Å². The molecule has 2 aliphatic heterocycles. The first-order valence-corrected chi connectivity index (χ1v) is 12.4. The number of nitrogens with two attached hydrogens (primary N) is 1. The maximum Gasteiger partial charge on any atom is 0.240 e. The number of aromatic nitrogens is 1. The first-order valence-electron chi connectivity index (χ1n) is 12.4. The normalized spacial score (nSPS) is 22.4. The third kappa shape index (κ3) is 5.22. The minimum Gasteiger partial charge on any atom is -0.391 e. The van der Waals surface area contributed by atoms with Crippen LogP contribution in [-0.2, 0) is 9.59 Å². The molecule has 0 spiro atoms. The molecule has 10 nitrogen and oxygen atoms in total. The molecule has 0 saturated carbocycles. The van der Waals surface area contributed by atoms with Gasteiger partial charge >= 0.3 is 0 Å². The van der Waals surface area contributed by atoms with Crippen LogP contribution in [0.4, 0.5) is 5.82 Å². The first kappa shape index (κ1) is 25.7. The summed E-state index contributed by atoms with van der Waals surface area (Å²) in [6.07, 6.45) is -0.619. The lowest BCUT2D eigenvalue weighted by Crippen LogP contribution is -2.47. The zero-order valence-electron chi connectivity index (χ0n) is 21.0. The quantitative estimate of drug-likeness (QED) is 0.592. The number of primary amides is 1. The van der Waals surface area contributed by atoms with Crippen molar-refractivity contribution in [2.24, 2.45) is 11.7 Å². The summed E-state index contributed by atoms with van der Waals surface area (Å²) in [6.45, 7) is 9.27. The van der Waals surface area contributed by atoms with E-state index in [0.717, 1.165) is 26.2 Å². The van der Waals surface area contributed by atoms with Crippen molar-refractivity contribution in [3.63, 3.8) is 0 Å². The Hall–Kier alpha value is -3.42. The number of aliphatic hydroxyl groups excluding tert-OH is 1. The van der Waals surface area contributed by atoms with Gasteiger partial charge in [0.1, 0.15) is 12.0 Å². The minimum absolute atomic E-state index is 0.0794. The van der Waals surface area contributed by atoms with Gasteiger partial charge in [-0.3, -0.25) is 14.5 Å². The van der Waals surface area contributed by atoms with Crippen molar-refractivity contribution in [3.8, 4) is 6.07 Å². The van der Waals surface area contributed by atoms with Crippen LogP contribution in [0.1, 0.15) is 56.0 Å². The molecule has 0 aliphatic carbocycles. The summed E-state index contributed by atoms with van der Waals surface area (Å²) in [6, 6.07) is 11.1. The van der Waals surface area contributed by atoms with E-state index >= 15 is 0 Å². The van der Waals surface area contributed by atoms with Gasteiger partial charge in [0.15, 0.2) is 11.6 Å². The highest BCUT2D eigenvalue weighted by Crippen LogP contribution is 2.33. The van der Waals surface area contributed by atoms with Gasteiger partial charge in [0.2, 0.25) is 11.8 Å². The monoisotopic (exact) mass is 494 g/mol. The zero-order chi connectivity index (χ0) is 26.0. The molecule has 1 aromatic carbocycles. The maximum atomic E-state index is 13.4. The Bertz CT molecular complexity index is 1120. The van der Waals surface area contributed by atoms with Crippen molar-refractivity contribution >= 4 is 17.6 Å². The Balaban J connectivity index is 1.42. The molecule has 2 aliphatic rings. The van der Waals surface area contributed by atoms with Gasteiger partial charge < -0.3 is 25.2 Å². The molecule has 2 aromatic rings. The summed E-state index contributed by atoms with van der Waals surface area (Å²) in [7, 11) is 0. The number of carbonyl (C=O) groups excluding carboxylic acids is 2. The van der Waals surface area contributed by atoms with E-state index in [0.29, 0.717) is 17.1 Å². The predicted octanol–water partition coefficient (Wildman–Crippen LogP) is 1.62. The lowest BCUT2D eigenvalue weighted by molar-refractivity contribution is -0.139. The molecule has 2 amide bonds. The number of hydrogen-bond acceptors (Lipinski definition) is 8. The second-order valence-corrected chi connectivity index (χ2v) is 10.0. The van der Waals surface area contributed by atoms with Gasteiger partial charge in [-0.2, -0.15) is 5.26 Å². The fourth-order valence-corrected chi connectivity index (χ4v) is 5.20. The molecule has 10 heteroatoms. The number of nitriles is 1. The van der Waals surface area contributed by atoms with Crippen molar-refractivity contribution in [3.05, 3.63) is 47.2 Å². The van der Waals surface area contributed by atoms with Gasteiger partial charge in [-0.15, -0.1) is 0 Å². The number of amides is 2. The number of β-amino-alcohol motifs (C(OH)–C–C–N with tert-alkyl or cyclic N) is 1. The predicted molar refractivity (Wildman–Crippen MR) is 133 cm³/mol. The Labute approximate surface area is 211 Å². The highest BCUT2D eigenvalue weighted by Gasteiger charge is 2.42. The summed E-state index contributed by atoms with van der Waals surface area (Å²) >= 11 is 0. The van der Waals surface area contributed by atoms with Crippen LogP contribution in [0.3, 0.4) is 0 Å². The second-order valence-electron chi connectivity index (χ2n) is 10.0. The molecule has 192 valence electrons. The first-order chi connectivity index (χ1) is 17.2. The standard InChI is InChI=1S/C26H34N6O4/c1-16(2)24(26(35)32-15-20(33)12-21(32)25(28)34)22-13-23(29-36-22)31-10-8-30(9-11-31)17(3)19-6-4-18(14-27)5-7-19/h4-7,13,16-17,20-21,24,33H,8-12,15H2,1-3H3,(H2,28,34)/t17-,20?,21?,24+/m0/s1. The number of nitrogens with zero attached hydrogens (tertiary/aromatic N) is 5. The van der Waals surface area contributed by atoms with E-state index in [-0.39, 0.29) is 30.8 Å². The van der Waals surface area contributed by atoms with Crippen LogP contribution >= 0.6 is 0 Å². The van der Waals surface area contributed by atoms with E-state index in [1.54, 1.807) is 0 Å². The molecule has 4 atom stereocenters. The Morgan fingerprint density at radius 1 is 1.17 bits per heavy atom. The molecule has 0 bridgehead atoms. The van der Waals surface area contributed by atoms with Crippen molar-refractivity contribution < 1.29 is 19.2 Å². The van der Waals surface area contributed by atoms with Crippen LogP contribution in [0.5, 0.6) is 0 Å². The summed E-state index contributed by atoms with van der Waals surface area (Å²) in [5.74, 6) is -0.501. The van der Waals surface area contributed by atoms with Crippen molar-refractivity contribution in [2.75, 3.05) is 37.6 Å². The molecule has 0 radical (unpaired) electrons. The Morgan fingerprint density at radius 3 is 2.42 bits per heavy atom. The molecule has 2 unspecified atom stereocenters. The molecule has 3 N–H and O–H groups in total. The summed E-state index contributed by atoms with van der Waals surface area (Å²) in [5, 5.41) is 23.3. The second kappa shape index (κ2) is 10.7. The third-order valence-corrected chi connectivity index (χ3v) is 7.35. The number of likely N-dealkylation sites (tertiary alicyclic amines) is 1. The average Bonchev–Trinajstić information content (AvgIpc) is 3.51. The Morgan fingerprint density at radius 2 is 1.83 bits per heavy atom. The molecule has 4 rings (SSSR count). The molecular weight excluding hydrogens is 460 g/mol. The van der Waals surface area contributed by atoms with E-state index in [1.165, 1.54) is 10.5 Å². The maximum absolute atomic E-state index is 13.4. The van der Waals surface area contributed by atoms with Crippen LogP contribution in [-0.4, -0.2) is 76.7 Å². The SMILES string of the molecule is CC(C)[C@@H](C(=O)N1CC(O)CC1C(N)=O)c1cc(N2CCN([C@@H](C)c3ccc(C#N)cc3)CC2)no1. The number of benzene rings is 1. The largest absolute Gasteiger partial charge is 0.391 e. The van der Waals surface area contributed by atoms with E-state index in [4.69, 9.17) is 15.5 Å². The van der Waals surface area contributed by atoms with Crippen LogP contribution in [0.15, 0.2) is 34.9 Å². The van der Waals surface area contributed by atoms with Crippen molar-refractivity contribution in [1.82, 2.24) is 15.0 Å². The fraction of sp³-hybridized carbons (Fsp3) is 0.538. The summed E-state index contributed by atoms with van der Waals surface area (Å²) in [4.78, 5) is 31.2. The molecule has 1 aromatic heterocycles. The van der Waals surface area contributed by atoms with Crippen LogP contribution < -0.4 is 10.6 Å². The lowest BCUT2D eigenvalue weighted by atomic mass is 9.91. The van der Waals surface area contributed by atoms with Gasteiger partial charge in [0, 0.05) is 51.3 Å². The average molecular weight is 495 g/mol. The number of anilines is 1.